The molecule has 62 valence electrons. The average molecular weight is 164 g/mol. The Morgan fingerprint density at radius 3 is 2.83 bits per heavy atom. The number of nitrogens with zero attached hydrogens (tertiary/aromatic N) is 2. The monoisotopic (exact) mass is 164 g/mol. The predicted octanol–water partition coefficient (Wildman–Crippen LogP) is 2.72. The van der Waals surface area contributed by atoms with Crippen LogP contribution in [0.1, 0.15) is 18.0 Å². The van der Waals surface area contributed by atoms with Crippen molar-refractivity contribution >= 4 is 0 Å². The molecule has 1 heterocycles. The summed E-state index contributed by atoms with van der Waals surface area (Å²) < 4.78 is 13.1. The third kappa shape index (κ3) is 1.22. The molecule has 3 heteroatoms. The van der Waals surface area contributed by atoms with E-state index in [9.17, 15) is 4.39 Å². The molecule has 0 fully saturated rings. The number of halogens is 1. The molecule has 0 spiro atoms. The molecule has 0 N–H and O–H groups in total. The Labute approximate surface area is 70.1 Å². The molecular formula is C9H9FN2. The van der Waals surface area contributed by atoms with Gasteiger partial charge < -0.3 is 0 Å². The maximum Gasteiger partial charge on any atom is 0.128 e. The minimum absolute atomic E-state index is 0.0498. The van der Waals surface area contributed by atoms with Crippen LogP contribution in [0.5, 0.6) is 0 Å². The fraction of sp³-hybridized carbons (Fsp3) is 0.333. The van der Waals surface area contributed by atoms with Gasteiger partial charge in [-0.15, -0.1) is 0 Å². The molecule has 0 saturated heterocycles. The highest BCUT2D eigenvalue weighted by molar-refractivity contribution is 5.21. The van der Waals surface area contributed by atoms with E-state index >= 15 is 0 Å². The van der Waals surface area contributed by atoms with Crippen LogP contribution < -0.4 is 0 Å². The van der Waals surface area contributed by atoms with Crippen LogP contribution in [0.25, 0.3) is 0 Å². The highest BCUT2D eigenvalue weighted by Crippen LogP contribution is 2.27. The van der Waals surface area contributed by atoms with Crippen LogP contribution in [-0.4, -0.2) is 6.54 Å². The first-order valence-electron chi connectivity index (χ1n) is 3.99. The summed E-state index contributed by atoms with van der Waals surface area (Å²) in [7, 11) is 0. The van der Waals surface area contributed by atoms with Crippen LogP contribution in [0, 0.1) is 5.82 Å². The first-order valence-corrected chi connectivity index (χ1v) is 3.99. The Bertz CT molecular complexity index is 309. The molecule has 0 aromatic heterocycles. The number of hydrogen-bond acceptors (Lipinski definition) is 2. The molecule has 0 aliphatic carbocycles. The topological polar surface area (TPSA) is 24.7 Å². The maximum atomic E-state index is 13.1. The lowest BCUT2D eigenvalue weighted by Crippen LogP contribution is -1.95. The number of hydrogen-bond donors (Lipinski definition) is 0. The van der Waals surface area contributed by atoms with E-state index in [-0.39, 0.29) is 11.9 Å². The van der Waals surface area contributed by atoms with E-state index in [2.05, 4.69) is 10.2 Å². The van der Waals surface area contributed by atoms with Crippen molar-refractivity contribution in [2.24, 2.45) is 10.2 Å². The number of azo groups is 1. The summed E-state index contributed by atoms with van der Waals surface area (Å²) in [4.78, 5) is 0. The number of benzene rings is 1. The molecule has 1 aliphatic heterocycles. The third-order valence-electron chi connectivity index (χ3n) is 1.99. The van der Waals surface area contributed by atoms with Crippen LogP contribution in [-0.2, 0) is 0 Å². The number of rotatable bonds is 1. The lowest BCUT2D eigenvalue weighted by atomic mass is 10.1. The van der Waals surface area contributed by atoms with Gasteiger partial charge in [-0.1, -0.05) is 18.2 Å². The highest BCUT2D eigenvalue weighted by atomic mass is 19.1. The van der Waals surface area contributed by atoms with E-state index in [0.717, 1.165) is 13.0 Å². The Morgan fingerprint density at radius 2 is 2.17 bits per heavy atom. The van der Waals surface area contributed by atoms with Crippen molar-refractivity contribution in [3.63, 3.8) is 0 Å². The van der Waals surface area contributed by atoms with Crippen LogP contribution >= 0.6 is 0 Å². The molecule has 1 aromatic carbocycles. The Balaban J connectivity index is 2.33. The average Bonchev–Trinajstić information content (AvgIpc) is 2.57. The van der Waals surface area contributed by atoms with Crippen molar-refractivity contribution < 1.29 is 4.39 Å². The summed E-state index contributed by atoms with van der Waals surface area (Å²) in [6, 6.07) is 6.69. The predicted molar refractivity (Wildman–Crippen MR) is 43.5 cm³/mol. The summed E-state index contributed by atoms with van der Waals surface area (Å²) in [5, 5.41) is 7.79. The van der Waals surface area contributed by atoms with Gasteiger partial charge in [0.05, 0.1) is 6.54 Å². The van der Waals surface area contributed by atoms with Crippen molar-refractivity contribution in [2.75, 3.05) is 6.54 Å². The molecule has 12 heavy (non-hydrogen) atoms. The maximum absolute atomic E-state index is 13.1. The second-order valence-electron chi connectivity index (χ2n) is 2.81. The largest absolute Gasteiger partial charge is 0.207 e. The molecule has 0 bridgehead atoms. The van der Waals surface area contributed by atoms with Gasteiger partial charge in [0.1, 0.15) is 11.9 Å². The standard InChI is InChI=1S/C9H9FN2/c10-8-4-2-1-3-7(8)9-5-6-11-12-9/h1-4,9H,5-6H2. The molecule has 2 rings (SSSR count). The quantitative estimate of drug-likeness (QED) is 0.609. The molecule has 1 aliphatic rings. The van der Waals surface area contributed by atoms with E-state index in [1.807, 2.05) is 6.07 Å². The minimum Gasteiger partial charge on any atom is -0.207 e. The Kier molecular flexibility index (Phi) is 1.86. The molecule has 1 atom stereocenters. The van der Waals surface area contributed by atoms with Gasteiger partial charge in [-0.3, -0.25) is 0 Å². The normalized spacial score (nSPS) is 21.6. The van der Waals surface area contributed by atoms with Crippen LogP contribution in [0.2, 0.25) is 0 Å². The van der Waals surface area contributed by atoms with Crippen LogP contribution in [0.4, 0.5) is 4.39 Å². The minimum atomic E-state index is -0.177. The van der Waals surface area contributed by atoms with Crippen molar-refractivity contribution in [1.29, 1.82) is 0 Å². The van der Waals surface area contributed by atoms with E-state index in [4.69, 9.17) is 0 Å². The molecule has 1 aromatic rings. The van der Waals surface area contributed by atoms with Gasteiger partial charge in [0, 0.05) is 5.56 Å². The zero-order valence-electron chi connectivity index (χ0n) is 6.57. The zero-order valence-corrected chi connectivity index (χ0v) is 6.57. The zero-order chi connectivity index (χ0) is 8.39. The summed E-state index contributed by atoms with van der Waals surface area (Å²) in [5.41, 5.74) is 0.666. The van der Waals surface area contributed by atoms with Crippen molar-refractivity contribution in [3.05, 3.63) is 35.6 Å². The summed E-state index contributed by atoms with van der Waals surface area (Å²) in [6.07, 6.45) is 0.834. The van der Waals surface area contributed by atoms with Crippen molar-refractivity contribution in [1.82, 2.24) is 0 Å². The van der Waals surface area contributed by atoms with Gasteiger partial charge in [0.15, 0.2) is 0 Å². The van der Waals surface area contributed by atoms with Gasteiger partial charge in [-0.05, 0) is 12.5 Å². The second-order valence-corrected chi connectivity index (χ2v) is 2.81. The van der Waals surface area contributed by atoms with E-state index in [0.29, 0.717) is 5.56 Å². The van der Waals surface area contributed by atoms with E-state index < -0.39 is 0 Å². The molecule has 0 radical (unpaired) electrons. The van der Waals surface area contributed by atoms with Crippen molar-refractivity contribution in [3.8, 4) is 0 Å². The first kappa shape index (κ1) is 7.40. The molecule has 0 saturated carbocycles. The fourth-order valence-corrected chi connectivity index (χ4v) is 1.36. The first-order chi connectivity index (χ1) is 5.88. The van der Waals surface area contributed by atoms with Gasteiger partial charge in [-0.25, -0.2) is 4.39 Å². The van der Waals surface area contributed by atoms with Crippen molar-refractivity contribution in [2.45, 2.75) is 12.5 Å². The second kappa shape index (κ2) is 3.01. The fourth-order valence-electron chi connectivity index (χ4n) is 1.36. The van der Waals surface area contributed by atoms with Gasteiger partial charge in [-0.2, -0.15) is 10.2 Å². The van der Waals surface area contributed by atoms with E-state index in [1.54, 1.807) is 12.1 Å². The highest BCUT2D eigenvalue weighted by Gasteiger charge is 2.17. The van der Waals surface area contributed by atoms with Gasteiger partial charge in [0.25, 0.3) is 0 Å². The smallest absolute Gasteiger partial charge is 0.128 e. The molecular weight excluding hydrogens is 155 g/mol. The van der Waals surface area contributed by atoms with E-state index in [1.165, 1.54) is 6.07 Å². The van der Waals surface area contributed by atoms with Gasteiger partial charge in [0.2, 0.25) is 0 Å². The Hall–Kier alpha value is -1.25. The summed E-state index contributed by atoms with van der Waals surface area (Å²) in [6.45, 7) is 0.721. The lowest BCUT2D eigenvalue weighted by Gasteiger charge is -2.05. The SMILES string of the molecule is Fc1ccccc1C1CCN=N1. The summed E-state index contributed by atoms with van der Waals surface area (Å²) >= 11 is 0. The lowest BCUT2D eigenvalue weighted by molar-refractivity contribution is 0.584. The van der Waals surface area contributed by atoms with Gasteiger partial charge >= 0.3 is 0 Å². The molecule has 1 unspecified atom stereocenters. The summed E-state index contributed by atoms with van der Waals surface area (Å²) in [5.74, 6) is -0.177. The Morgan fingerprint density at radius 1 is 1.33 bits per heavy atom. The van der Waals surface area contributed by atoms with Crippen LogP contribution in [0.15, 0.2) is 34.5 Å². The third-order valence-corrected chi connectivity index (χ3v) is 1.99. The van der Waals surface area contributed by atoms with Crippen LogP contribution in [0.3, 0.4) is 0 Å². The molecule has 0 amide bonds. The molecule has 2 nitrogen and oxygen atoms in total.